The van der Waals surface area contributed by atoms with Crippen LogP contribution in [-0.4, -0.2) is 0 Å². The molecular formula is C44H56F4. The number of halogens is 4. The SMILES string of the molecule is CCCCCCCCCc1ccc(-c2ccc(-c3ccc(C4=CCC(C5CCC(CCCCC)CC5)CC4)c(F)c3F)cc2)c(F)c1F. The number of unbranched alkanes of at least 4 members (excludes halogenated alkanes) is 8. The monoisotopic (exact) mass is 660 g/mol. The largest absolute Gasteiger partial charge is 0.203 e. The summed E-state index contributed by atoms with van der Waals surface area (Å²) in [5, 5.41) is 0. The van der Waals surface area contributed by atoms with E-state index in [-0.39, 0.29) is 11.1 Å². The van der Waals surface area contributed by atoms with E-state index in [2.05, 4.69) is 19.9 Å². The summed E-state index contributed by atoms with van der Waals surface area (Å²) < 4.78 is 61.1. The summed E-state index contributed by atoms with van der Waals surface area (Å²) >= 11 is 0. The van der Waals surface area contributed by atoms with Gasteiger partial charge in [-0.05, 0) is 85.0 Å². The van der Waals surface area contributed by atoms with Crippen molar-refractivity contribution in [3.63, 3.8) is 0 Å². The molecule has 0 N–H and O–H groups in total. The van der Waals surface area contributed by atoms with Gasteiger partial charge in [0.2, 0.25) is 0 Å². The number of rotatable bonds is 16. The molecule has 5 rings (SSSR count). The lowest BCUT2D eigenvalue weighted by Crippen LogP contribution is -2.23. The van der Waals surface area contributed by atoms with Gasteiger partial charge in [-0.3, -0.25) is 0 Å². The minimum absolute atomic E-state index is 0.171. The maximum Gasteiger partial charge on any atom is 0.167 e. The van der Waals surface area contributed by atoms with Crippen LogP contribution >= 0.6 is 0 Å². The van der Waals surface area contributed by atoms with Crippen LogP contribution in [0.3, 0.4) is 0 Å². The zero-order valence-corrected chi connectivity index (χ0v) is 29.4. The van der Waals surface area contributed by atoms with Gasteiger partial charge >= 0.3 is 0 Å². The van der Waals surface area contributed by atoms with Gasteiger partial charge in [-0.1, -0.05) is 146 Å². The van der Waals surface area contributed by atoms with Crippen molar-refractivity contribution in [3.8, 4) is 22.3 Å². The molecule has 4 heteroatoms. The summed E-state index contributed by atoms with van der Waals surface area (Å²) in [5.41, 5.74) is 3.02. The van der Waals surface area contributed by atoms with Crippen LogP contribution in [0.5, 0.6) is 0 Å². The molecule has 0 aromatic heterocycles. The fraction of sp³-hybridized carbons (Fsp3) is 0.545. The van der Waals surface area contributed by atoms with Crippen molar-refractivity contribution in [2.45, 2.75) is 136 Å². The van der Waals surface area contributed by atoms with E-state index in [1.165, 1.54) is 77.0 Å². The molecule has 1 fully saturated rings. The highest BCUT2D eigenvalue weighted by atomic mass is 19.2. The van der Waals surface area contributed by atoms with E-state index < -0.39 is 23.3 Å². The highest BCUT2D eigenvalue weighted by Crippen LogP contribution is 2.43. The lowest BCUT2D eigenvalue weighted by molar-refractivity contribution is 0.187. The maximum absolute atomic E-state index is 15.5. The summed E-state index contributed by atoms with van der Waals surface area (Å²) in [7, 11) is 0. The van der Waals surface area contributed by atoms with E-state index in [9.17, 15) is 4.39 Å². The number of allylic oxidation sites excluding steroid dienone is 2. The van der Waals surface area contributed by atoms with Crippen molar-refractivity contribution in [2.75, 3.05) is 0 Å². The number of hydrogen-bond donors (Lipinski definition) is 0. The fourth-order valence-corrected chi connectivity index (χ4v) is 8.29. The molecule has 0 saturated heterocycles. The predicted octanol–water partition coefficient (Wildman–Crippen LogP) is 14.4. The lowest BCUT2D eigenvalue weighted by Gasteiger charge is -2.35. The Kier molecular flexibility index (Phi) is 13.8. The van der Waals surface area contributed by atoms with Crippen LogP contribution in [0.15, 0.2) is 54.6 Å². The van der Waals surface area contributed by atoms with Crippen LogP contribution in [0, 0.1) is 41.0 Å². The Morgan fingerprint density at radius 2 is 1.06 bits per heavy atom. The first-order valence-electron chi connectivity index (χ1n) is 19.2. The van der Waals surface area contributed by atoms with Crippen molar-refractivity contribution in [2.24, 2.45) is 17.8 Å². The molecule has 1 atom stereocenters. The van der Waals surface area contributed by atoms with Gasteiger partial charge in [-0.2, -0.15) is 0 Å². The molecule has 2 aliphatic carbocycles. The van der Waals surface area contributed by atoms with E-state index in [4.69, 9.17) is 0 Å². The standard InChI is InChI=1S/C44H56F4/c1-3-5-7-8-9-10-12-14-37-27-28-38(42(46)41(37)45)35-23-25-36(26-24-35)40-30-29-39(43(47)44(40)48)34-21-19-33(20-22-34)32-17-15-31(16-18-32)13-11-6-4-2/h21,23-33H,3-20,22H2,1-2H3. The minimum Gasteiger partial charge on any atom is -0.203 e. The zero-order chi connectivity index (χ0) is 33.9. The van der Waals surface area contributed by atoms with E-state index in [1.807, 2.05) is 0 Å². The number of benzene rings is 3. The molecule has 3 aromatic rings. The van der Waals surface area contributed by atoms with Crippen molar-refractivity contribution < 1.29 is 17.6 Å². The summed E-state index contributed by atoms with van der Waals surface area (Å²) in [6, 6.07) is 13.3. The van der Waals surface area contributed by atoms with Gasteiger partial charge in [0.05, 0.1) is 0 Å². The maximum atomic E-state index is 15.5. The molecule has 0 spiro atoms. The van der Waals surface area contributed by atoms with Gasteiger partial charge in [-0.15, -0.1) is 0 Å². The van der Waals surface area contributed by atoms with Gasteiger partial charge in [0.15, 0.2) is 23.3 Å². The quantitative estimate of drug-likeness (QED) is 0.106. The van der Waals surface area contributed by atoms with Crippen molar-refractivity contribution >= 4 is 5.57 Å². The Balaban J connectivity index is 1.18. The molecule has 260 valence electrons. The zero-order valence-electron chi connectivity index (χ0n) is 29.4. The van der Waals surface area contributed by atoms with Gasteiger partial charge in [0, 0.05) is 16.7 Å². The van der Waals surface area contributed by atoms with Crippen molar-refractivity contribution in [1.82, 2.24) is 0 Å². The molecule has 0 aliphatic heterocycles. The third-order valence-electron chi connectivity index (χ3n) is 11.4. The summed E-state index contributed by atoms with van der Waals surface area (Å²) in [6.45, 7) is 4.46. The van der Waals surface area contributed by atoms with E-state index >= 15 is 13.2 Å². The topological polar surface area (TPSA) is 0 Å². The molecule has 0 radical (unpaired) electrons. The van der Waals surface area contributed by atoms with Crippen LogP contribution < -0.4 is 0 Å². The van der Waals surface area contributed by atoms with E-state index in [1.54, 1.807) is 48.5 Å². The van der Waals surface area contributed by atoms with Gasteiger partial charge in [-0.25, -0.2) is 17.6 Å². The predicted molar refractivity (Wildman–Crippen MR) is 194 cm³/mol. The van der Waals surface area contributed by atoms with Crippen molar-refractivity contribution in [1.29, 1.82) is 0 Å². The van der Waals surface area contributed by atoms with Crippen molar-refractivity contribution in [3.05, 3.63) is 89.0 Å². The highest BCUT2D eigenvalue weighted by Gasteiger charge is 2.29. The van der Waals surface area contributed by atoms with Crippen LogP contribution in [0.4, 0.5) is 17.6 Å². The molecule has 48 heavy (non-hydrogen) atoms. The first-order valence-corrected chi connectivity index (χ1v) is 19.2. The van der Waals surface area contributed by atoms with Gasteiger partial charge in [0.1, 0.15) is 0 Å². The summed E-state index contributed by atoms with van der Waals surface area (Å²) in [6.07, 6.45) is 24.0. The first kappa shape index (κ1) is 36.4. The van der Waals surface area contributed by atoms with Gasteiger partial charge < -0.3 is 0 Å². The fourth-order valence-electron chi connectivity index (χ4n) is 8.29. The Bertz CT molecular complexity index is 1480. The Morgan fingerprint density at radius 1 is 0.521 bits per heavy atom. The third-order valence-corrected chi connectivity index (χ3v) is 11.4. The Morgan fingerprint density at radius 3 is 1.69 bits per heavy atom. The smallest absolute Gasteiger partial charge is 0.167 e. The molecule has 0 amide bonds. The van der Waals surface area contributed by atoms with Crippen LogP contribution in [0.25, 0.3) is 27.8 Å². The Hall–Kier alpha value is -2.88. The summed E-state index contributed by atoms with van der Waals surface area (Å²) in [5.74, 6) is -1.02. The van der Waals surface area contributed by atoms with Crippen LogP contribution in [0.2, 0.25) is 0 Å². The highest BCUT2D eigenvalue weighted by molar-refractivity contribution is 5.74. The van der Waals surface area contributed by atoms with Crippen LogP contribution in [-0.2, 0) is 6.42 Å². The van der Waals surface area contributed by atoms with Gasteiger partial charge in [0.25, 0.3) is 0 Å². The average Bonchev–Trinajstić information content (AvgIpc) is 3.11. The molecule has 0 nitrogen and oxygen atoms in total. The molecule has 1 unspecified atom stereocenters. The molecular weight excluding hydrogens is 604 g/mol. The van der Waals surface area contributed by atoms with E-state index in [0.717, 1.165) is 55.9 Å². The minimum atomic E-state index is -0.864. The second kappa shape index (κ2) is 18.2. The number of aryl methyl sites for hydroxylation is 1. The molecule has 0 heterocycles. The molecule has 3 aromatic carbocycles. The second-order valence-corrected chi connectivity index (χ2v) is 14.7. The average molecular weight is 661 g/mol. The van der Waals surface area contributed by atoms with E-state index in [0.29, 0.717) is 34.6 Å². The van der Waals surface area contributed by atoms with Crippen LogP contribution in [0.1, 0.15) is 141 Å². The second-order valence-electron chi connectivity index (χ2n) is 14.7. The third kappa shape index (κ3) is 9.21. The molecule has 1 saturated carbocycles. The lowest BCUT2D eigenvalue weighted by atomic mass is 9.70. The molecule has 0 bridgehead atoms. The number of hydrogen-bond acceptors (Lipinski definition) is 0. The molecule has 2 aliphatic rings. The first-order chi connectivity index (χ1) is 23.4. The normalized spacial score (nSPS) is 19.8. The Labute approximate surface area is 287 Å². The summed E-state index contributed by atoms with van der Waals surface area (Å²) in [4.78, 5) is 0.